The van der Waals surface area contributed by atoms with Crippen LogP contribution in [-0.4, -0.2) is 22.4 Å². The zero-order valence-electron chi connectivity index (χ0n) is 11.8. The maximum Gasteiger partial charge on any atom is 0.0815 e. The molecule has 106 valence electrons. The van der Waals surface area contributed by atoms with Crippen molar-refractivity contribution in [3.8, 4) is 0 Å². The fourth-order valence-corrected chi connectivity index (χ4v) is 2.54. The Morgan fingerprint density at radius 3 is 2.70 bits per heavy atom. The van der Waals surface area contributed by atoms with E-state index in [1.165, 1.54) is 24.0 Å². The van der Waals surface area contributed by atoms with Gasteiger partial charge in [-0.15, -0.1) is 0 Å². The summed E-state index contributed by atoms with van der Waals surface area (Å²) in [6.07, 6.45) is 5.47. The minimum Gasteiger partial charge on any atom is -0.314 e. The number of nitrogens with zero attached hydrogens (tertiary/aromatic N) is 2. The van der Waals surface area contributed by atoms with Crippen LogP contribution in [0.25, 0.3) is 0 Å². The highest BCUT2D eigenvalue weighted by Crippen LogP contribution is 2.19. The molecular weight excluding hydrogens is 270 g/mol. The van der Waals surface area contributed by atoms with Gasteiger partial charge in [-0.3, -0.25) is 4.68 Å². The minimum atomic E-state index is 0.734. The molecule has 1 N–H and O–H groups in total. The van der Waals surface area contributed by atoms with Crippen molar-refractivity contribution < 1.29 is 0 Å². The molecular formula is C16H20ClN3. The monoisotopic (exact) mass is 289 g/mol. The van der Waals surface area contributed by atoms with Crippen molar-refractivity contribution >= 4 is 11.6 Å². The summed E-state index contributed by atoms with van der Waals surface area (Å²) in [6.45, 7) is 3.85. The quantitative estimate of drug-likeness (QED) is 0.885. The van der Waals surface area contributed by atoms with E-state index in [2.05, 4.69) is 34.7 Å². The van der Waals surface area contributed by atoms with Crippen LogP contribution in [0.1, 0.15) is 29.7 Å². The van der Waals surface area contributed by atoms with Crippen LogP contribution in [0, 0.1) is 6.92 Å². The van der Waals surface area contributed by atoms with Gasteiger partial charge in [0, 0.05) is 6.04 Å². The zero-order chi connectivity index (χ0) is 13.9. The Morgan fingerprint density at radius 2 is 2.05 bits per heavy atom. The van der Waals surface area contributed by atoms with Crippen LogP contribution < -0.4 is 5.32 Å². The first kappa shape index (κ1) is 13.7. The summed E-state index contributed by atoms with van der Waals surface area (Å²) in [5, 5.41) is 8.64. The van der Waals surface area contributed by atoms with Crippen LogP contribution in [0.3, 0.4) is 0 Å². The molecule has 0 amide bonds. The summed E-state index contributed by atoms with van der Waals surface area (Å²) in [6, 6.07) is 9.37. The molecule has 0 unspecified atom stereocenters. The van der Waals surface area contributed by atoms with Gasteiger partial charge in [-0.1, -0.05) is 35.9 Å². The van der Waals surface area contributed by atoms with Crippen molar-refractivity contribution in [2.45, 2.75) is 38.8 Å². The van der Waals surface area contributed by atoms with Gasteiger partial charge in [-0.25, -0.2) is 0 Å². The third-order valence-electron chi connectivity index (χ3n) is 3.89. The number of halogens is 1. The van der Waals surface area contributed by atoms with Crippen molar-refractivity contribution in [3.63, 3.8) is 0 Å². The molecule has 0 aliphatic heterocycles. The van der Waals surface area contributed by atoms with Gasteiger partial charge in [-0.05, 0) is 43.9 Å². The van der Waals surface area contributed by atoms with Gasteiger partial charge in [-0.2, -0.15) is 5.10 Å². The first-order chi connectivity index (χ1) is 9.74. The molecule has 0 saturated heterocycles. The Morgan fingerprint density at radius 1 is 1.30 bits per heavy atom. The number of benzene rings is 1. The zero-order valence-corrected chi connectivity index (χ0v) is 12.5. The van der Waals surface area contributed by atoms with E-state index < -0.39 is 0 Å². The molecule has 3 rings (SSSR count). The summed E-state index contributed by atoms with van der Waals surface area (Å²) < 4.78 is 1.97. The SMILES string of the molecule is Cc1c(Cl)cnn1Cc1ccccc1CCNC1CC1. The maximum absolute atomic E-state index is 6.07. The number of nitrogens with one attached hydrogen (secondary N) is 1. The van der Waals surface area contributed by atoms with Gasteiger partial charge in [0.05, 0.1) is 23.5 Å². The molecule has 0 spiro atoms. The summed E-state index contributed by atoms with van der Waals surface area (Å²) in [5.74, 6) is 0. The molecule has 0 bridgehead atoms. The fourth-order valence-electron chi connectivity index (χ4n) is 2.40. The van der Waals surface area contributed by atoms with Crippen molar-refractivity contribution in [2.24, 2.45) is 0 Å². The van der Waals surface area contributed by atoms with Gasteiger partial charge in [0.15, 0.2) is 0 Å². The Kier molecular flexibility index (Phi) is 4.08. The summed E-state index contributed by atoms with van der Waals surface area (Å²) in [4.78, 5) is 0. The number of hydrogen-bond donors (Lipinski definition) is 1. The lowest BCUT2D eigenvalue weighted by atomic mass is 10.0. The predicted molar refractivity (Wildman–Crippen MR) is 82.2 cm³/mol. The first-order valence-electron chi connectivity index (χ1n) is 7.22. The summed E-state index contributed by atoms with van der Waals surface area (Å²) in [7, 11) is 0. The lowest BCUT2D eigenvalue weighted by Gasteiger charge is -2.11. The largest absolute Gasteiger partial charge is 0.314 e. The highest BCUT2D eigenvalue weighted by molar-refractivity contribution is 6.31. The van der Waals surface area contributed by atoms with Crippen LogP contribution in [0.2, 0.25) is 5.02 Å². The van der Waals surface area contributed by atoms with Gasteiger partial charge in [0.25, 0.3) is 0 Å². The van der Waals surface area contributed by atoms with Crippen molar-refractivity contribution in [1.82, 2.24) is 15.1 Å². The molecule has 3 nitrogen and oxygen atoms in total. The smallest absolute Gasteiger partial charge is 0.0815 e. The standard InChI is InChI=1S/C16H20ClN3/c1-12-16(17)10-19-20(12)11-14-5-3-2-4-13(14)8-9-18-15-6-7-15/h2-5,10,15,18H,6-9,11H2,1H3. The van der Waals surface area contributed by atoms with E-state index in [9.17, 15) is 0 Å². The summed E-state index contributed by atoms with van der Waals surface area (Å²) in [5.41, 5.74) is 3.75. The first-order valence-corrected chi connectivity index (χ1v) is 7.60. The molecule has 4 heteroatoms. The Bertz CT molecular complexity index is 587. The van der Waals surface area contributed by atoms with Gasteiger partial charge in [0.2, 0.25) is 0 Å². The summed E-state index contributed by atoms with van der Waals surface area (Å²) >= 11 is 6.07. The van der Waals surface area contributed by atoms with Gasteiger partial charge in [0.1, 0.15) is 0 Å². The molecule has 1 aliphatic rings. The molecule has 1 heterocycles. The van der Waals surface area contributed by atoms with Gasteiger partial charge < -0.3 is 5.32 Å². The predicted octanol–water partition coefficient (Wildman–Crippen LogP) is 3.19. The average molecular weight is 290 g/mol. The number of aromatic nitrogens is 2. The van der Waals surface area contributed by atoms with Crippen LogP contribution in [-0.2, 0) is 13.0 Å². The van der Waals surface area contributed by atoms with E-state index in [1.54, 1.807) is 6.20 Å². The minimum absolute atomic E-state index is 0.734. The molecule has 1 fully saturated rings. The molecule has 20 heavy (non-hydrogen) atoms. The van der Waals surface area contributed by atoms with Crippen LogP contribution >= 0.6 is 11.6 Å². The fraction of sp³-hybridized carbons (Fsp3) is 0.438. The highest BCUT2D eigenvalue weighted by atomic mass is 35.5. The number of rotatable bonds is 6. The Hall–Kier alpha value is -1.32. The van der Waals surface area contributed by atoms with Crippen molar-refractivity contribution in [1.29, 1.82) is 0 Å². The topological polar surface area (TPSA) is 29.9 Å². The normalized spacial score (nSPS) is 14.7. The van der Waals surface area contributed by atoms with Crippen molar-refractivity contribution in [3.05, 3.63) is 52.3 Å². The third-order valence-corrected chi connectivity index (χ3v) is 4.26. The lowest BCUT2D eigenvalue weighted by Crippen LogP contribution is -2.20. The average Bonchev–Trinajstić information content (AvgIpc) is 3.23. The molecule has 2 aromatic rings. The molecule has 1 aliphatic carbocycles. The van der Waals surface area contributed by atoms with E-state index in [1.807, 2.05) is 11.6 Å². The molecule has 1 aromatic carbocycles. The van der Waals surface area contributed by atoms with Gasteiger partial charge >= 0.3 is 0 Å². The molecule has 0 atom stereocenters. The van der Waals surface area contributed by atoms with E-state index in [-0.39, 0.29) is 0 Å². The van der Waals surface area contributed by atoms with Crippen molar-refractivity contribution in [2.75, 3.05) is 6.54 Å². The number of hydrogen-bond acceptors (Lipinski definition) is 2. The third kappa shape index (κ3) is 3.22. The molecule has 1 saturated carbocycles. The second kappa shape index (κ2) is 5.98. The second-order valence-corrected chi connectivity index (χ2v) is 5.89. The highest BCUT2D eigenvalue weighted by Gasteiger charge is 2.19. The molecule has 0 radical (unpaired) electrons. The van der Waals surface area contributed by atoms with E-state index in [4.69, 9.17) is 11.6 Å². The Balaban J connectivity index is 1.69. The van der Waals surface area contributed by atoms with Crippen LogP contribution in [0.5, 0.6) is 0 Å². The van der Waals surface area contributed by atoms with Crippen LogP contribution in [0.4, 0.5) is 0 Å². The van der Waals surface area contributed by atoms with E-state index in [0.29, 0.717) is 0 Å². The van der Waals surface area contributed by atoms with E-state index >= 15 is 0 Å². The maximum atomic E-state index is 6.07. The lowest BCUT2D eigenvalue weighted by molar-refractivity contribution is 0.648. The second-order valence-electron chi connectivity index (χ2n) is 5.48. The Labute approximate surface area is 124 Å². The van der Waals surface area contributed by atoms with E-state index in [0.717, 1.165) is 36.3 Å². The van der Waals surface area contributed by atoms with Crippen LogP contribution in [0.15, 0.2) is 30.5 Å². The molecule has 1 aromatic heterocycles.